The molecule has 19 heavy (non-hydrogen) atoms. The third-order valence-electron chi connectivity index (χ3n) is 2.22. The first kappa shape index (κ1) is 15.4. The van der Waals surface area contributed by atoms with Crippen LogP contribution in [-0.4, -0.2) is 35.6 Å². The zero-order chi connectivity index (χ0) is 14.1. The topological polar surface area (TPSA) is 75.6 Å². The van der Waals surface area contributed by atoms with Crippen LogP contribution in [0.3, 0.4) is 0 Å². The summed E-state index contributed by atoms with van der Waals surface area (Å²) in [7, 11) is 0. The monoisotopic (exact) mass is 283 g/mol. The van der Waals surface area contributed by atoms with Gasteiger partial charge in [0.05, 0.1) is 12.4 Å². The SMILES string of the molecule is CSCC(=O)Nc1ccc(OCCCC(=O)O)cc1. The lowest BCUT2D eigenvalue weighted by molar-refractivity contribution is -0.137. The van der Waals surface area contributed by atoms with Gasteiger partial charge in [-0.15, -0.1) is 0 Å². The van der Waals surface area contributed by atoms with Crippen LogP contribution in [0.5, 0.6) is 5.75 Å². The predicted octanol–water partition coefficient (Wildman–Crippen LogP) is 2.23. The molecule has 0 bridgehead atoms. The number of carboxylic acid groups (broad SMARTS) is 1. The summed E-state index contributed by atoms with van der Waals surface area (Å²) in [5, 5.41) is 11.2. The van der Waals surface area contributed by atoms with Crippen molar-refractivity contribution in [2.75, 3.05) is 23.9 Å². The van der Waals surface area contributed by atoms with Gasteiger partial charge in [-0.25, -0.2) is 0 Å². The number of thioether (sulfide) groups is 1. The van der Waals surface area contributed by atoms with Crippen molar-refractivity contribution in [3.8, 4) is 5.75 Å². The highest BCUT2D eigenvalue weighted by Crippen LogP contribution is 2.16. The van der Waals surface area contributed by atoms with Crippen LogP contribution in [0.4, 0.5) is 5.69 Å². The van der Waals surface area contributed by atoms with Crippen LogP contribution in [0, 0.1) is 0 Å². The van der Waals surface area contributed by atoms with Crippen molar-refractivity contribution < 1.29 is 19.4 Å². The molecule has 104 valence electrons. The zero-order valence-electron chi connectivity index (χ0n) is 10.7. The maximum absolute atomic E-state index is 11.4. The lowest BCUT2D eigenvalue weighted by Gasteiger charge is -2.07. The molecule has 0 saturated heterocycles. The van der Waals surface area contributed by atoms with Crippen LogP contribution in [0.15, 0.2) is 24.3 Å². The molecule has 0 heterocycles. The molecule has 1 aromatic carbocycles. The van der Waals surface area contributed by atoms with Crippen LogP contribution < -0.4 is 10.1 Å². The lowest BCUT2D eigenvalue weighted by atomic mass is 10.3. The van der Waals surface area contributed by atoms with Crippen molar-refractivity contribution in [1.82, 2.24) is 0 Å². The summed E-state index contributed by atoms with van der Waals surface area (Å²) in [6.45, 7) is 0.366. The molecule has 0 aliphatic carbocycles. The molecule has 0 aliphatic heterocycles. The van der Waals surface area contributed by atoms with Crippen molar-refractivity contribution in [2.45, 2.75) is 12.8 Å². The summed E-state index contributed by atoms with van der Waals surface area (Å²) in [6, 6.07) is 7.00. The molecule has 0 fully saturated rings. The van der Waals surface area contributed by atoms with Crippen molar-refractivity contribution in [2.24, 2.45) is 0 Å². The molecule has 0 spiro atoms. The van der Waals surface area contributed by atoms with Gasteiger partial charge in [-0.3, -0.25) is 9.59 Å². The van der Waals surface area contributed by atoms with Gasteiger partial charge in [0, 0.05) is 12.1 Å². The van der Waals surface area contributed by atoms with Crippen molar-refractivity contribution >= 4 is 29.3 Å². The molecule has 1 amide bonds. The Morgan fingerprint density at radius 3 is 2.58 bits per heavy atom. The average molecular weight is 283 g/mol. The van der Waals surface area contributed by atoms with Gasteiger partial charge in [0.15, 0.2) is 0 Å². The summed E-state index contributed by atoms with van der Waals surface area (Å²) in [6.07, 6.45) is 2.44. The Kier molecular flexibility index (Phi) is 6.81. The molecule has 0 unspecified atom stereocenters. The molecular formula is C13H17NO4S. The summed E-state index contributed by atoms with van der Waals surface area (Å²) in [4.78, 5) is 21.7. The highest BCUT2D eigenvalue weighted by molar-refractivity contribution is 7.99. The van der Waals surface area contributed by atoms with Crippen molar-refractivity contribution in [1.29, 1.82) is 0 Å². The van der Waals surface area contributed by atoms with E-state index >= 15 is 0 Å². The molecule has 0 atom stereocenters. The second-order valence-electron chi connectivity index (χ2n) is 3.85. The van der Waals surface area contributed by atoms with E-state index in [4.69, 9.17) is 9.84 Å². The molecule has 6 heteroatoms. The second kappa shape index (κ2) is 8.42. The first-order valence-corrected chi connectivity index (χ1v) is 7.24. The fraction of sp³-hybridized carbons (Fsp3) is 0.385. The quantitative estimate of drug-likeness (QED) is 0.716. The molecule has 5 nitrogen and oxygen atoms in total. The zero-order valence-corrected chi connectivity index (χ0v) is 11.5. The predicted molar refractivity (Wildman–Crippen MR) is 75.8 cm³/mol. The third-order valence-corrected chi connectivity index (χ3v) is 2.77. The molecule has 0 aliphatic rings. The molecule has 2 N–H and O–H groups in total. The van der Waals surface area contributed by atoms with Crippen LogP contribution in [0.2, 0.25) is 0 Å². The summed E-state index contributed by atoms with van der Waals surface area (Å²) in [5.41, 5.74) is 0.719. The maximum Gasteiger partial charge on any atom is 0.303 e. The summed E-state index contributed by atoms with van der Waals surface area (Å²) >= 11 is 1.46. The second-order valence-corrected chi connectivity index (χ2v) is 4.72. The molecule has 0 aromatic heterocycles. The first-order valence-electron chi connectivity index (χ1n) is 5.85. The number of amides is 1. The Bertz CT molecular complexity index is 419. The summed E-state index contributed by atoms with van der Waals surface area (Å²) in [5.74, 6) is 0.222. The van der Waals surface area contributed by atoms with Gasteiger partial charge in [0.1, 0.15) is 5.75 Å². The number of nitrogens with one attached hydrogen (secondary N) is 1. The van der Waals surface area contributed by atoms with E-state index < -0.39 is 5.97 Å². The lowest BCUT2D eigenvalue weighted by Crippen LogP contribution is -2.13. The smallest absolute Gasteiger partial charge is 0.303 e. The van der Waals surface area contributed by atoms with Gasteiger partial charge in [-0.05, 0) is 36.9 Å². The van der Waals surface area contributed by atoms with Crippen LogP contribution in [-0.2, 0) is 9.59 Å². The van der Waals surface area contributed by atoms with E-state index in [0.29, 0.717) is 24.5 Å². The number of aliphatic carboxylic acids is 1. The minimum Gasteiger partial charge on any atom is -0.494 e. The average Bonchev–Trinajstić information content (AvgIpc) is 2.36. The van der Waals surface area contributed by atoms with E-state index in [-0.39, 0.29) is 12.3 Å². The van der Waals surface area contributed by atoms with E-state index in [0.717, 1.165) is 5.69 Å². The largest absolute Gasteiger partial charge is 0.494 e. The highest BCUT2D eigenvalue weighted by Gasteiger charge is 2.02. The van der Waals surface area contributed by atoms with Gasteiger partial charge >= 0.3 is 5.97 Å². The molecule has 0 saturated carbocycles. The Morgan fingerprint density at radius 1 is 1.32 bits per heavy atom. The van der Waals surface area contributed by atoms with Crippen LogP contribution in [0.25, 0.3) is 0 Å². The standard InChI is InChI=1S/C13H17NO4S/c1-19-9-12(15)14-10-4-6-11(7-5-10)18-8-2-3-13(16)17/h4-7H,2-3,8-9H2,1H3,(H,14,15)(H,16,17). The number of ether oxygens (including phenoxy) is 1. The molecular weight excluding hydrogens is 266 g/mol. The molecule has 0 radical (unpaired) electrons. The first-order chi connectivity index (χ1) is 9.11. The van der Waals surface area contributed by atoms with Gasteiger partial charge in [0.2, 0.25) is 5.91 Å². The Labute approximate surface area is 116 Å². The van der Waals surface area contributed by atoms with Gasteiger partial charge in [-0.2, -0.15) is 11.8 Å². The Balaban J connectivity index is 2.35. The van der Waals surface area contributed by atoms with Crippen molar-refractivity contribution in [3.63, 3.8) is 0 Å². The number of carboxylic acids is 1. The van der Waals surface area contributed by atoms with E-state index in [9.17, 15) is 9.59 Å². The van der Waals surface area contributed by atoms with E-state index in [1.165, 1.54) is 11.8 Å². The Morgan fingerprint density at radius 2 is 2.00 bits per heavy atom. The number of anilines is 1. The van der Waals surface area contributed by atoms with E-state index in [1.54, 1.807) is 24.3 Å². The summed E-state index contributed by atoms with van der Waals surface area (Å²) < 4.78 is 5.38. The molecule has 1 rings (SSSR count). The number of hydrogen-bond donors (Lipinski definition) is 2. The van der Waals surface area contributed by atoms with Gasteiger partial charge in [-0.1, -0.05) is 0 Å². The van der Waals surface area contributed by atoms with E-state index in [1.807, 2.05) is 6.26 Å². The fourth-order valence-corrected chi connectivity index (χ4v) is 1.71. The minimum absolute atomic E-state index is 0.0392. The number of benzene rings is 1. The number of carbonyl (C=O) groups excluding carboxylic acids is 1. The highest BCUT2D eigenvalue weighted by atomic mass is 32.2. The van der Waals surface area contributed by atoms with Crippen LogP contribution in [0.1, 0.15) is 12.8 Å². The van der Waals surface area contributed by atoms with Crippen molar-refractivity contribution in [3.05, 3.63) is 24.3 Å². The normalized spacial score (nSPS) is 9.95. The fourth-order valence-electron chi connectivity index (χ4n) is 1.38. The third kappa shape index (κ3) is 6.71. The molecule has 1 aromatic rings. The van der Waals surface area contributed by atoms with Crippen LogP contribution >= 0.6 is 11.8 Å². The van der Waals surface area contributed by atoms with Gasteiger partial charge < -0.3 is 15.2 Å². The maximum atomic E-state index is 11.4. The number of rotatable bonds is 8. The Hall–Kier alpha value is -1.69. The number of carbonyl (C=O) groups is 2. The number of hydrogen-bond acceptors (Lipinski definition) is 4. The minimum atomic E-state index is -0.824. The van der Waals surface area contributed by atoms with E-state index in [2.05, 4.69) is 5.32 Å². The van der Waals surface area contributed by atoms with Gasteiger partial charge in [0.25, 0.3) is 0 Å².